The average molecular weight is 216 g/mol. The molecule has 0 bridgehead atoms. The summed E-state index contributed by atoms with van der Waals surface area (Å²) in [7, 11) is 0. The predicted octanol–water partition coefficient (Wildman–Crippen LogP) is 0.803. The van der Waals surface area contributed by atoms with Crippen molar-refractivity contribution in [3.8, 4) is 0 Å². The molecule has 1 heterocycles. The lowest BCUT2D eigenvalue weighted by molar-refractivity contribution is 0.728. The van der Waals surface area contributed by atoms with Crippen LogP contribution in [0, 0.1) is 0 Å². The second-order valence-corrected chi connectivity index (χ2v) is 2.98. The topological polar surface area (TPSA) is 64.9 Å². The van der Waals surface area contributed by atoms with Gasteiger partial charge in [0.25, 0.3) is 0 Å². The third kappa shape index (κ3) is 1.99. The van der Waals surface area contributed by atoms with Gasteiger partial charge in [0.1, 0.15) is 4.60 Å². The second-order valence-electron chi connectivity index (χ2n) is 2.23. The monoisotopic (exact) mass is 215 g/mol. The summed E-state index contributed by atoms with van der Waals surface area (Å²) in [5, 5.41) is 0. The lowest BCUT2D eigenvalue weighted by atomic mass is 10.1. The zero-order chi connectivity index (χ0) is 8.27. The Morgan fingerprint density at radius 3 is 2.91 bits per heavy atom. The largest absolute Gasteiger partial charge is 0.329 e. The first-order valence-electron chi connectivity index (χ1n) is 3.31. The van der Waals surface area contributed by atoms with Gasteiger partial charge in [0.2, 0.25) is 0 Å². The van der Waals surface area contributed by atoms with Crippen molar-refractivity contribution >= 4 is 15.9 Å². The minimum atomic E-state index is -0.127. The molecule has 0 aliphatic heterocycles. The van der Waals surface area contributed by atoms with Gasteiger partial charge in [-0.1, -0.05) is 6.07 Å². The number of rotatable bonds is 2. The fourth-order valence-corrected chi connectivity index (χ4v) is 1.35. The quantitative estimate of drug-likeness (QED) is 0.718. The molecule has 0 spiro atoms. The molecule has 60 valence electrons. The molecule has 3 nitrogen and oxygen atoms in total. The molecule has 1 aromatic heterocycles. The van der Waals surface area contributed by atoms with E-state index < -0.39 is 0 Å². The van der Waals surface area contributed by atoms with E-state index in [9.17, 15) is 0 Å². The summed E-state index contributed by atoms with van der Waals surface area (Å²) in [4.78, 5) is 4.03. The lowest BCUT2D eigenvalue weighted by Gasteiger charge is -2.09. The molecule has 4 heteroatoms. The third-order valence-electron chi connectivity index (χ3n) is 1.44. The number of hydrogen-bond donors (Lipinski definition) is 2. The minimum Gasteiger partial charge on any atom is -0.329 e. The van der Waals surface area contributed by atoms with Crippen LogP contribution in [0.3, 0.4) is 0 Å². The number of nitrogens with two attached hydrogens (primary N) is 2. The van der Waals surface area contributed by atoms with E-state index in [2.05, 4.69) is 20.9 Å². The maximum atomic E-state index is 5.70. The number of pyridine rings is 1. The average Bonchev–Trinajstić information content (AvgIpc) is 2.04. The number of nitrogens with zero attached hydrogens (tertiary/aromatic N) is 1. The molecule has 0 unspecified atom stereocenters. The molecule has 0 saturated carbocycles. The molecule has 1 atom stereocenters. The second kappa shape index (κ2) is 3.80. The fourth-order valence-electron chi connectivity index (χ4n) is 0.802. The van der Waals surface area contributed by atoms with Crippen molar-refractivity contribution < 1.29 is 0 Å². The Balaban J connectivity index is 2.93. The summed E-state index contributed by atoms with van der Waals surface area (Å²) in [6, 6.07) is 3.63. The summed E-state index contributed by atoms with van der Waals surface area (Å²) in [6.07, 6.45) is 1.71. The van der Waals surface area contributed by atoms with E-state index in [0.717, 1.165) is 10.2 Å². The molecule has 4 N–H and O–H groups in total. The Bertz CT molecular complexity index is 239. The van der Waals surface area contributed by atoms with Gasteiger partial charge >= 0.3 is 0 Å². The van der Waals surface area contributed by atoms with Gasteiger partial charge < -0.3 is 11.5 Å². The number of halogens is 1. The summed E-state index contributed by atoms with van der Waals surface area (Å²) in [5.41, 5.74) is 12.1. The van der Waals surface area contributed by atoms with E-state index in [1.165, 1.54) is 0 Å². The van der Waals surface area contributed by atoms with E-state index in [4.69, 9.17) is 11.5 Å². The van der Waals surface area contributed by atoms with E-state index in [-0.39, 0.29) is 6.04 Å². The van der Waals surface area contributed by atoms with E-state index in [0.29, 0.717) is 6.54 Å². The Labute approximate surface area is 73.9 Å². The normalized spacial score (nSPS) is 13.0. The highest BCUT2D eigenvalue weighted by Gasteiger charge is 2.06. The molecule has 11 heavy (non-hydrogen) atoms. The van der Waals surface area contributed by atoms with Crippen molar-refractivity contribution in [1.29, 1.82) is 0 Å². The highest BCUT2D eigenvalue weighted by molar-refractivity contribution is 9.10. The molecule has 0 amide bonds. The summed E-state index contributed by atoms with van der Waals surface area (Å²) in [6.45, 7) is 0.435. The first-order valence-corrected chi connectivity index (χ1v) is 4.11. The minimum absolute atomic E-state index is 0.127. The summed E-state index contributed by atoms with van der Waals surface area (Å²) < 4.78 is 0.776. The molecule has 0 aromatic carbocycles. The van der Waals surface area contributed by atoms with Crippen molar-refractivity contribution in [1.82, 2.24) is 4.98 Å². The van der Waals surface area contributed by atoms with E-state index in [1.54, 1.807) is 6.20 Å². The van der Waals surface area contributed by atoms with Gasteiger partial charge in [-0.2, -0.15) is 0 Å². The highest BCUT2D eigenvalue weighted by Crippen LogP contribution is 2.17. The first kappa shape index (κ1) is 8.64. The molecule has 1 aromatic rings. The Kier molecular flexibility index (Phi) is 2.99. The molecule has 1 rings (SSSR count). The van der Waals surface area contributed by atoms with Crippen molar-refractivity contribution in [2.75, 3.05) is 6.54 Å². The fraction of sp³-hybridized carbons (Fsp3) is 0.286. The zero-order valence-electron chi connectivity index (χ0n) is 6.00. The van der Waals surface area contributed by atoms with Gasteiger partial charge in [-0.15, -0.1) is 0 Å². The van der Waals surface area contributed by atoms with Crippen LogP contribution in [0.25, 0.3) is 0 Å². The highest BCUT2D eigenvalue weighted by atomic mass is 79.9. The number of aromatic nitrogens is 1. The first-order chi connectivity index (χ1) is 5.25. The molecule has 0 saturated heterocycles. The molecule has 0 aliphatic carbocycles. The SMILES string of the molecule is NC[C@@H](N)c1cccnc1Br. The van der Waals surface area contributed by atoms with E-state index >= 15 is 0 Å². The van der Waals surface area contributed by atoms with Crippen LogP contribution in [0.15, 0.2) is 22.9 Å². The standard InChI is InChI=1S/C7H10BrN3/c8-7-5(6(10)4-9)2-1-3-11-7/h1-3,6H,4,9-10H2/t6-/m1/s1. The summed E-state index contributed by atoms with van der Waals surface area (Å²) >= 11 is 3.29. The molecule has 0 aliphatic rings. The maximum Gasteiger partial charge on any atom is 0.110 e. The van der Waals surface area contributed by atoms with Gasteiger partial charge in [-0.3, -0.25) is 0 Å². The van der Waals surface area contributed by atoms with Crippen LogP contribution in [0.2, 0.25) is 0 Å². The lowest BCUT2D eigenvalue weighted by Crippen LogP contribution is -2.21. The van der Waals surface area contributed by atoms with Gasteiger partial charge in [-0.05, 0) is 22.0 Å². The summed E-state index contributed by atoms with van der Waals surface area (Å²) in [5.74, 6) is 0. The van der Waals surface area contributed by atoms with Gasteiger partial charge in [0, 0.05) is 24.3 Å². The van der Waals surface area contributed by atoms with Crippen LogP contribution in [0.5, 0.6) is 0 Å². The van der Waals surface area contributed by atoms with Crippen LogP contribution in [-0.2, 0) is 0 Å². The van der Waals surface area contributed by atoms with Crippen LogP contribution in [0.1, 0.15) is 11.6 Å². The Hall–Kier alpha value is -0.450. The number of hydrogen-bond acceptors (Lipinski definition) is 3. The van der Waals surface area contributed by atoms with Crippen LogP contribution < -0.4 is 11.5 Å². The van der Waals surface area contributed by atoms with Crippen molar-refractivity contribution in [2.24, 2.45) is 11.5 Å². The van der Waals surface area contributed by atoms with Crippen LogP contribution in [0.4, 0.5) is 0 Å². The van der Waals surface area contributed by atoms with Crippen molar-refractivity contribution in [2.45, 2.75) is 6.04 Å². The van der Waals surface area contributed by atoms with Crippen LogP contribution >= 0.6 is 15.9 Å². The Morgan fingerprint density at radius 2 is 2.36 bits per heavy atom. The maximum absolute atomic E-state index is 5.70. The van der Waals surface area contributed by atoms with Gasteiger partial charge in [0.15, 0.2) is 0 Å². The van der Waals surface area contributed by atoms with Gasteiger partial charge in [-0.25, -0.2) is 4.98 Å². The predicted molar refractivity (Wildman–Crippen MR) is 47.9 cm³/mol. The van der Waals surface area contributed by atoms with E-state index in [1.807, 2.05) is 12.1 Å². The molecule has 0 radical (unpaired) electrons. The smallest absolute Gasteiger partial charge is 0.110 e. The Morgan fingerprint density at radius 1 is 1.64 bits per heavy atom. The zero-order valence-corrected chi connectivity index (χ0v) is 7.58. The van der Waals surface area contributed by atoms with Crippen LogP contribution in [-0.4, -0.2) is 11.5 Å². The molecular weight excluding hydrogens is 206 g/mol. The molecule has 0 fully saturated rings. The van der Waals surface area contributed by atoms with Crippen molar-refractivity contribution in [3.05, 3.63) is 28.5 Å². The van der Waals surface area contributed by atoms with Crippen molar-refractivity contribution in [3.63, 3.8) is 0 Å². The molecular formula is C7H10BrN3. The van der Waals surface area contributed by atoms with Gasteiger partial charge in [0.05, 0.1) is 0 Å². The third-order valence-corrected chi connectivity index (χ3v) is 2.10.